The largest absolute Gasteiger partial charge is 0.207 e. The highest BCUT2D eigenvalue weighted by Gasteiger charge is 1.97. The second-order valence-electron chi connectivity index (χ2n) is 3.14. The maximum Gasteiger partial charge on any atom is 0.123 e. The van der Waals surface area contributed by atoms with Crippen molar-refractivity contribution in [1.29, 1.82) is 0 Å². The number of rotatable bonds is 2. The molecule has 3 radical (unpaired) electrons. The molecule has 0 saturated heterocycles. The van der Waals surface area contributed by atoms with E-state index in [1.807, 2.05) is 0 Å². The van der Waals surface area contributed by atoms with Crippen LogP contribution in [0.25, 0.3) is 0 Å². The summed E-state index contributed by atoms with van der Waals surface area (Å²) in [6.07, 6.45) is 0. The van der Waals surface area contributed by atoms with Crippen molar-refractivity contribution in [2.24, 2.45) is 0 Å². The minimum absolute atomic E-state index is 0. The fraction of sp³-hybridized carbons (Fsp3) is 0. The predicted molar refractivity (Wildman–Crippen MR) is 66.1 cm³/mol. The monoisotopic (exact) mass is 233 g/mol. The Bertz CT molecular complexity index is 396. The van der Waals surface area contributed by atoms with Crippen LogP contribution >= 0.6 is 8.58 Å². The molecule has 0 bridgehead atoms. The Hall–Kier alpha value is -1.21. The van der Waals surface area contributed by atoms with E-state index in [1.54, 1.807) is 24.3 Å². The number of hydrogen-bond acceptors (Lipinski definition) is 0. The van der Waals surface area contributed by atoms with Crippen molar-refractivity contribution in [2.75, 3.05) is 0 Å². The molecule has 0 spiro atoms. The van der Waals surface area contributed by atoms with E-state index in [9.17, 15) is 8.78 Å². The van der Waals surface area contributed by atoms with Gasteiger partial charge in [0.1, 0.15) is 11.6 Å². The van der Waals surface area contributed by atoms with Crippen LogP contribution in [0.3, 0.4) is 0 Å². The lowest BCUT2D eigenvalue weighted by Gasteiger charge is -2.01. The van der Waals surface area contributed by atoms with Crippen molar-refractivity contribution < 1.29 is 8.78 Å². The van der Waals surface area contributed by atoms with Gasteiger partial charge < -0.3 is 0 Å². The van der Waals surface area contributed by atoms with E-state index in [-0.39, 0.29) is 20.0 Å². The van der Waals surface area contributed by atoms with Gasteiger partial charge in [-0.15, -0.1) is 0 Å². The molecule has 16 heavy (non-hydrogen) atoms. The lowest BCUT2D eigenvalue weighted by atomic mass is 10.3. The molecule has 0 unspecified atom stereocenters. The Labute approximate surface area is 97.1 Å². The molecule has 0 atom stereocenters. The summed E-state index contributed by atoms with van der Waals surface area (Å²) in [6, 6.07) is 12.7. The van der Waals surface area contributed by atoms with Gasteiger partial charge in [-0.05, 0) is 34.9 Å². The van der Waals surface area contributed by atoms with Crippen LogP contribution in [0, 0.1) is 11.6 Å². The van der Waals surface area contributed by atoms with Gasteiger partial charge in [0.05, 0.1) is 0 Å². The highest BCUT2D eigenvalue weighted by Crippen LogP contribution is 2.11. The van der Waals surface area contributed by atoms with Crippen LogP contribution in [-0.2, 0) is 0 Å². The molecule has 0 saturated carbocycles. The molecular formula is C12H9BF2P. The minimum atomic E-state index is -0.234. The van der Waals surface area contributed by atoms with Crippen LogP contribution in [-0.4, -0.2) is 8.41 Å². The van der Waals surface area contributed by atoms with Crippen LogP contribution in [0.5, 0.6) is 0 Å². The predicted octanol–water partition coefficient (Wildman–Crippen LogP) is 2.21. The molecule has 0 aliphatic rings. The zero-order valence-electron chi connectivity index (χ0n) is 8.45. The topological polar surface area (TPSA) is 0 Å². The molecule has 2 aromatic carbocycles. The Kier molecular flexibility index (Phi) is 4.63. The quantitative estimate of drug-likeness (QED) is 0.551. The summed E-state index contributed by atoms with van der Waals surface area (Å²) in [5, 5.41) is 2.09. The Balaban J connectivity index is 0.00000128. The van der Waals surface area contributed by atoms with Gasteiger partial charge in [0, 0.05) is 8.41 Å². The van der Waals surface area contributed by atoms with Crippen LogP contribution in [0.1, 0.15) is 0 Å². The summed E-state index contributed by atoms with van der Waals surface area (Å²) in [4.78, 5) is 0. The average Bonchev–Trinajstić information content (AvgIpc) is 2.25. The van der Waals surface area contributed by atoms with Crippen molar-refractivity contribution in [2.45, 2.75) is 0 Å². The average molecular weight is 233 g/mol. The molecule has 2 rings (SSSR count). The van der Waals surface area contributed by atoms with Crippen molar-refractivity contribution in [3.05, 3.63) is 60.2 Å². The maximum atomic E-state index is 12.6. The van der Waals surface area contributed by atoms with E-state index in [4.69, 9.17) is 0 Å². The SMILES string of the molecule is Fc1ccc(Pc2ccc(F)cc2)cc1.[B]. The third-order valence-electron chi connectivity index (χ3n) is 1.98. The summed E-state index contributed by atoms with van der Waals surface area (Å²) in [7, 11) is 0.436. The molecule has 0 heterocycles. The van der Waals surface area contributed by atoms with E-state index in [0.29, 0.717) is 8.58 Å². The Morgan fingerprint density at radius 3 is 1.25 bits per heavy atom. The van der Waals surface area contributed by atoms with Crippen LogP contribution < -0.4 is 10.6 Å². The van der Waals surface area contributed by atoms with Crippen LogP contribution in [0.4, 0.5) is 8.78 Å². The molecule has 0 amide bonds. The summed E-state index contributed by atoms with van der Waals surface area (Å²) < 4.78 is 25.3. The summed E-state index contributed by atoms with van der Waals surface area (Å²) in [5.41, 5.74) is 0. The Morgan fingerprint density at radius 1 is 0.625 bits per heavy atom. The first-order valence-electron chi connectivity index (χ1n) is 4.52. The normalized spacial score (nSPS) is 9.62. The first-order chi connectivity index (χ1) is 7.24. The van der Waals surface area contributed by atoms with E-state index >= 15 is 0 Å². The van der Waals surface area contributed by atoms with Gasteiger partial charge in [-0.2, -0.15) is 0 Å². The third-order valence-corrected chi connectivity index (χ3v) is 3.22. The molecule has 0 fully saturated rings. The summed E-state index contributed by atoms with van der Waals surface area (Å²) in [6.45, 7) is 0. The van der Waals surface area contributed by atoms with Gasteiger partial charge in [-0.3, -0.25) is 0 Å². The van der Waals surface area contributed by atoms with Crippen molar-refractivity contribution in [3.8, 4) is 0 Å². The molecule has 79 valence electrons. The van der Waals surface area contributed by atoms with Gasteiger partial charge in [0.15, 0.2) is 0 Å². The number of benzene rings is 2. The fourth-order valence-electron chi connectivity index (χ4n) is 1.23. The van der Waals surface area contributed by atoms with Crippen molar-refractivity contribution >= 4 is 27.6 Å². The highest BCUT2D eigenvalue weighted by atomic mass is 31.1. The van der Waals surface area contributed by atoms with Crippen molar-refractivity contribution in [1.82, 2.24) is 0 Å². The number of hydrogen-bond donors (Lipinski definition) is 0. The first kappa shape index (κ1) is 12.9. The van der Waals surface area contributed by atoms with Crippen LogP contribution in [0.2, 0.25) is 0 Å². The molecule has 0 aliphatic heterocycles. The summed E-state index contributed by atoms with van der Waals surface area (Å²) >= 11 is 0. The van der Waals surface area contributed by atoms with Gasteiger partial charge in [0.25, 0.3) is 0 Å². The van der Waals surface area contributed by atoms with E-state index in [1.165, 1.54) is 24.3 Å². The molecule has 0 aromatic heterocycles. The molecule has 0 aliphatic carbocycles. The zero-order chi connectivity index (χ0) is 10.7. The lowest BCUT2D eigenvalue weighted by Crippen LogP contribution is -2.02. The van der Waals surface area contributed by atoms with Gasteiger partial charge in [-0.1, -0.05) is 32.8 Å². The van der Waals surface area contributed by atoms with Gasteiger partial charge in [0.2, 0.25) is 0 Å². The van der Waals surface area contributed by atoms with E-state index in [0.717, 1.165) is 10.6 Å². The highest BCUT2D eigenvalue weighted by molar-refractivity contribution is 7.55. The lowest BCUT2D eigenvalue weighted by molar-refractivity contribution is 0.628. The summed E-state index contributed by atoms with van der Waals surface area (Å²) in [5.74, 6) is -0.467. The van der Waals surface area contributed by atoms with Crippen LogP contribution in [0.15, 0.2) is 48.5 Å². The minimum Gasteiger partial charge on any atom is -0.207 e. The molecule has 2 aromatic rings. The molecular weight excluding hydrogens is 224 g/mol. The second-order valence-corrected chi connectivity index (χ2v) is 4.54. The van der Waals surface area contributed by atoms with Crippen molar-refractivity contribution in [3.63, 3.8) is 0 Å². The smallest absolute Gasteiger partial charge is 0.123 e. The van der Waals surface area contributed by atoms with E-state index < -0.39 is 0 Å². The molecule has 0 nitrogen and oxygen atoms in total. The Morgan fingerprint density at radius 2 is 0.938 bits per heavy atom. The van der Waals surface area contributed by atoms with Gasteiger partial charge >= 0.3 is 0 Å². The molecule has 0 N–H and O–H groups in total. The number of halogens is 2. The third kappa shape index (κ3) is 3.43. The first-order valence-corrected chi connectivity index (χ1v) is 5.52. The maximum absolute atomic E-state index is 12.6. The zero-order valence-corrected chi connectivity index (χ0v) is 9.45. The van der Waals surface area contributed by atoms with Gasteiger partial charge in [-0.25, -0.2) is 8.78 Å². The molecule has 4 heteroatoms. The second kappa shape index (κ2) is 5.76. The van der Waals surface area contributed by atoms with E-state index in [2.05, 4.69) is 0 Å². The fourth-order valence-corrected chi connectivity index (χ4v) is 2.23. The standard InChI is InChI=1S/C12H9F2P.B/c13-9-1-5-11(6-2-9)15-12-7-3-10(14)4-8-12;/h1-8,15H;.